The zero-order valence-electron chi connectivity index (χ0n) is 13.0. The first kappa shape index (κ1) is 17.8. The number of halogens is 1. The normalized spacial score (nSPS) is 12.3. The Hall–Kier alpha value is -1.26. The van der Waals surface area contributed by atoms with Gasteiger partial charge in [-0.1, -0.05) is 25.4 Å². The molecule has 5 heteroatoms. The van der Waals surface area contributed by atoms with Crippen molar-refractivity contribution in [1.82, 2.24) is 0 Å². The van der Waals surface area contributed by atoms with Gasteiger partial charge in [0.1, 0.15) is 5.75 Å². The molecule has 0 heterocycles. The number of carbonyl (C=O) groups excluding carboxylic acids is 1. The molecule has 0 saturated heterocycles. The van der Waals surface area contributed by atoms with E-state index >= 15 is 0 Å². The van der Waals surface area contributed by atoms with Gasteiger partial charge in [0.15, 0.2) is 0 Å². The second-order valence-electron chi connectivity index (χ2n) is 5.51. The zero-order valence-corrected chi connectivity index (χ0v) is 13.7. The Kier molecular flexibility index (Phi) is 7.54. The van der Waals surface area contributed by atoms with Crippen molar-refractivity contribution < 1.29 is 9.53 Å². The van der Waals surface area contributed by atoms with Crippen LogP contribution in [0.4, 0.5) is 5.69 Å². The Bertz CT molecular complexity index is 464. The molecule has 0 saturated carbocycles. The fourth-order valence-electron chi connectivity index (χ4n) is 2.33. The molecule has 3 N–H and O–H groups in total. The number of carbonyl (C=O) groups is 1. The summed E-state index contributed by atoms with van der Waals surface area (Å²) in [5, 5.41) is 3.42. The Morgan fingerprint density at radius 1 is 1.38 bits per heavy atom. The first-order chi connectivity index (χ1) is 9.97. The maximum Gasteiger partial charge on any atom is 0.224 e. The highest BCUT2D eigenvalue weighted by molar-refractivity contribution is 6.31. The van der Waals surface area contributed by atoms with Gasteiger partial charge in [-0.2, -0.15) is 0 Å². The van der Waals surface area contributed by atoms with Gasteiger partial charge >= 0.3 is 0 Å². The summed E-state index contributed by atoms with van der Waals surface area (Å²) in [5.74, 6) is 1.58. The Morgan fingerprint density at radius 3 is 2.67 bits per heavy atom. The van der Waals surface area contributed by atoms with Crippen LogP contribution in [-0.2, 0) is 4.79 Å². The predicted octanol–water partition coefficient (Wildman–Crippen LogP) is 3.69. The van der Waals surface area contributed by atoms with E-state index < -0.39 is 0 Å². The molecule has 1 atom stereocenters. The van der Waals surface area contributed by atoms with Crippen LogP contribution in [0, 0.1) is 11.8 Å². The van der Waals surface area contributed by atoms with Crippen LogP contribution < -0.4 is 15.8 Å². The molecule has 1 aromatic rings. The summed E-state index contributed by atoms with van der Waals surface area (Å²) in [6.45, 7) is 4.99. The highest BCUT2D eigenvalue weighted by atomic mass is 35.5. The van der Waals surface area contributed by atoms with Crippen molar-refractivity contribution in [3.8, 4) is 5.75 Å². The Labute approximate surface area is 132 Å². The van der Waals surface area contributed by atoms with E-state index in [1.54, 1.807) is 25.3 Å². The van der Waals surface area contributed by atoms with E-state index in [4.69, 9.17) is 22.1 Å². The lowest BCUT2D eigenvalue weighted by Gasteiger charge is -2.19. The molecule has 0 aliphatic heterocycles. The summed E-state index contributed by atoms with van der Waals surface area (Å²) < 4.78 is 5.21. The van der Waals surface area contributed by atoms with Crippen LogP contribution in [0.3, 0.4) is 0 Å². The number of benzene rings is 1. The van der Waals surface area contributed by atoms with Crippen molar-refractivity contribution in [2.75, 3.05) is 19.0 Å². The molecule has 0 bridgehead atoms. The van der Waals surface area contributed by atoms with Gasteiger partial charge in [0.05, 0.1) is 12.8 Å². The third kappa shape index (κ3) is 5.94. The largest absolute Gasteiger partial charge is 0.495 e. The van der Waals surface area contributed by atoms with E-state index in [0.29, 0.717) is 41.3 Å². The number of rotatable bonds is 8. The first-order valence-electron chi connectivity index (χ1n) is 7.31. The minimum absolute atomic E-state index is 0.0294. The number of ether oxygens (including phenoxy) is 1. The van der Waals surface area contributed by atoms with E-state index in [1.165, 1.54) is 0 Å². The van der Waals surface area contributed by atoms with Gasteiger partial charge in [-0.05, 0) is 49.4 Å². The van der Waals surface area contributed by atoms with Crippen LogP contribution in [0.25, 0.3) is 0 Å². The molecular weight excluding hydrogens is 288 g/mol. The maximum absolute atomic E-state index is 12.1. The molecule has 1 unspecified atom stereocenters. The van der Waals surface area contributed by atoms with E-state index in [1.807, 2.05) is 0 Å². The van der Waals surface area contributed by atoms with Crippen LogP contribution in [0.1, 0.15) is 33.1 Å². The molecule has 118 valence electrons. The fourth-order valence-corrected chi connectivity index (χ4v) is 2.50. The van der Waals surface area contributed by atoms with Crippen molar-refractivity contribution in [2.45, 2.75) is 33.1 Å². The maximum atomic E-state index is 12.1. The summed E-state index contributed by atoms with van der Waals surface area (Å²) >= 11 is 5.95. The van der Waals surface area contributed by atoms with Gasteiger partial charge in [-0.3, -0.25) is 4.79 Å². The average Bonchev–Trinajstić information content (AvgIpc) is 2.43. The van der Waals surface area contributed by atoms with Gasteiger partial charge in [-0.15, -0.1) is 0 Å². The molecule has 0 radical (unpaired) electrons. The number of hydrogen-bond acceptors (Lipinski definition) is 3. The number of anilines is 1. The summed E-state index contributed by atoms with van der Waals surface area (Å²) in [6.07, 6.45) is 2.26. The van der Waals surface area contributed by atoms with Crippen molar-refractivity contribution in [3.63, 3.8) is 0 Å². The topological polar surface area (TPSA) is 64.3 Å². The summed E-state index contributed by atoms with van der Waals surface area (Å²) in [5.41, 5.74) is 6.23. The Morgan fingerprint density at radius 2 is 2.10 bits per heavy atom. The summed E-state index contributed by atoms with van der Waals surface area (Å²) in [6, 6.07) is 5.16. The molecule has 0 fully saturated rings. The number of amides is 1. The van der Waals surface area contributed by atoms with E-state index in [9.17, 15) is 4.79 Å². The quantitative estimate of drug-likeness (QED) is 0.769. The van der Waals surface area contributed by atoms with Crippen LogP contribution in [-0.4, -0.2) is 19.6 Å². The van der Waals surface area contributed by atoms with Crippen molar-refractivity contribution in [2.24, 2.45) is 17.6 Å². The van der Waals surface area contributed by atoms with Crippen LogP contribution >= 0.6 is 11.6 Å². The summed E-state index contributed by atoms with van der Waals surface area (Å²) in [7, 11) is 1.56. The van der Waals surface area contributed by atoms with Gasteiger partial charge in [0, 0.05) is 11.4 Å². The Balaban J connectivity index is 2.59. The lowest BCUT2D eigenvalue weighted by atomic mass is 9.88. The van der Waals surface area contributed by atoms with Crippen LogP contribution in [0.5, 0.6) is 5.75 Å². The number of methoxy groups -OCH3 is 1. The molecule has 0 aliphatic rings. The average molecular weight is 313 g/mol. The van der Waals surface area contributed by atoms with Crippen molar-refractivity contribution in [3.05, 3.63) is 23.2 Å². The lowest BCUT2D eigenvalue weighted by Crippen LogP contribution is -2.18. The molecule has 0 aromatic heterocycles. The lowest BCUT2D eigenvalue weighted by molar-refractivity contribution is -0.116. The predicted molar refractivity (Wildman–Crippen MR) is 87.9 cm³/mol. The van der Waals surface area contributed by atoms with Gasteiger partial charge in [-0.25, -0.2) is 0 Å². The van der Waals surface area contributed by atoms with Crippen molar-refractivity contribution >= 4 is 23.2 Å². The molecule has 0 spiro atoms. The van der Waals surface area contributed by atoms with E-state index in [-0.39, 0.29) is 5.91 Å². The minimum Gasteiger partial charge on any atom is -0.495 e. The standard InChI is InChI=1S/C16H25ClN2O2/c1-11(2)12(8-9-18)4-7-16(20)19-14-10-13(17)5-6-15(14)21-3/h5-6,10-12H,4,7-9,18H2,1-3H3,(H,19,20). The monoisotopic (exact) mass is 312 g/mol. The molecule has 21 heavy (non-hydrogen) atoms. The second kappa shape index (κ2) is 8.90. The second-order valence-corrected chi connectivity index (χ2v) is 5.95. The van der Waals surface area contributed by atoms with Crippen molar-refractivity contribution in [1.29, 1.82) is 0 Å². The SMILES string of the molecule is COc1ccc(Cl)cc1NC(=O)CCC(CCN)C(C)C. The van der Waals surface area contributed by atoms with Crippen LogP contribution in [0.2, 0.25) is 5.02 Å². The minimum atomic E-state index is -0.0294. The summed E-state index contributed by atoms with van der Waals surface area (Å²) in [4.78, 5) is 12.1. The fraction of sp³-hybridized carbons (Fsp3) is 0.562. The smallest absolute Gasteiger partial charge is 0.224 e. The zero-order chi connectivity index (χ0) is 15.8. The molecular formula is C16H25ClN2O2. The highest BCUT2D eigenvalue weighted by Gasteiger charge is 2.15. The van der Waals surface area contributed by atoms with Gasteiger partial charge in [0.2, 0.25) is 5.91 Å². The molecule has 1 rings (SSSR count). The molecule has 1 aromatic carbocycles. The number of nitrogens with two attached hydrogens (primary N) is 1. The van der Waals surface area contributed by atoms with Gasteiger partial charge in [0.25, 0.3) is 0 Å². The van der Waals surface area contributed by atoms with Gasteiger partial charge < -0.3 is 15.8 Å². The molecule has 4 nitrogen and oxygen atoms in total. The van der Waals surface area contributed by atoms with E-state index in [2.05, 4.69) is 19.2 Å². The third-order valence-corrected chi connectivity index (χ3v) is 3.89. The third-order valence-electron chi connectivity index (χ3n) is 3.66. The molecule has 0 aliphatic carbocycles. The van der Waals surface area contributed by atoms with Crippen LogP contribution in [0.15, 0.2) is 18.2 Å². The first-order valence-corrected chi connectivity index (χ1v) is 7.69. The highest BCUT2D eigenvalue weighted by Crippen LogP contribution is 2.28. The van der Waals surface area contributed by atoms with E-state index in [0.717, 1.165) is 12.8 Å². The molecule has 1 amide bonds. The number of nitrogens with one attached hydrogen (secondary N) is 1. The number of hydrogen-bond donors (Lipinski definition) is 2.